The number of rotatable bonds is 1. The Morgan fingerprint density at radius 2 is 1.77 bits per heavy atom. The minimum absolute atomic E-state index is 0.0150. The monoisotopic (exact) mass is 300 g/mol. The molecule has 0 aliphatic heterocycles. The molecule has 2 bridgehead atoms. The SMILES string of the molecule is Cc1cc([C@H]2C[C@@H]3CC[C@@]2(C)C3(C)C)c(O)c(C(C)(C)C)c1. The fraction of sp³-hybridized carbons (Fsp3) is 0.714. The Balaban J connectivity index is 2.13. The van der Waals surface area contributed by atoms with Gasteiger partial charge in [-0.3, -0.25) is 0 Å². The quantitative estimate of drug-likeness (QED) is 0.681. The second-order valence-corrected chi connectivity index (χ2v) is 9.66. The molecule has 1 aromatic rings. The Hall–Kier alpha value is -0.980. The average molecular weight is 300 g/mol. The smallest absolute Gasteiger partial charge is 0.122 e. The summed E-state index contributed by atoms with van der Waals surface area (Å²) in [4.78, 5) is 0. The van der Waals surface area contributed by atoms with Gasteiger partial charge in [0.25, 0.3) is 0 Å². The Labute approximate surface area is 136 Å². The van der Waals surface area contributed by atoms with Crippen LogP contribution in [0.4, 0.5) is 0 Å². The van der Waals surface area contributed by atoms with Crippen molar-refractivity contribution in [3.05, 3.63) is 28.8 Å². The predicted octanol–water partition coefficient (Wildman–Crippen LogP) is 5.93. The lowest BCUT2D eigenvalue weighted by molar-refractivity contribution is 0.133. The molecule has 0 amide bonds. The number of aryl methyl sites for hydroxylation is 1. The van der Waals surface area contributed by atoms with Crippen molar-refractivity contribution in [1.29, 1.82) is 0 Å². The highest BCUT2D eigenvalue weighted by molar-refractivity contribution is 5.50. The minimum atomic E-state index is -0.0150. The molecule has 0 heterocycles. The standard InChI is InChI=1S/C21H32O/c1-13-10-15(18(22)17(11-13)19(2,3)4)16-12-14-8-9-21(16,7)20(14,5)6/h10-11,14,16,22H,8-9,12H2,1-7H3/t14-,16+,21+/m0/s1. The first-order valence-electron chi connectivity index (χ1n) is 8.82. The van der Waals surface area contributed by atoms with Gasteiger partial charge in [0.05, 0.1) is 0 Å². The number of fused-ring (bicyclic) bond motifs is 2. The van der Waals surface area contributed by atoms with E-state index in [4.69, 9.17) is 0 Å². The molecule has 0 radical (unpaired) electrons. The van der Waals surface area contributed by atoms with Crippen LogP contribution < -0.4 is 0 Å². The molecule has 1 aromatic carbocycles. The van der Waals surface area contributed by atoms with E-state index in [-0.39, 0.29) is 5.41 Å². The van der Waals surface area contributed by atoms with Crippen LogP contribution in [0.2, 0.25) is 0 Å². The van der Waals surface area contributed by atoms with E-state index in [0.29, 0.717) is 22.5 Å². The van der Waals surface area contributed by atoms with Crippen molar-refractivity contribution in [1.82, 2.24) is 0 Å². The molecule has 1 N–H and O–H groups in total. The van der Waals surface area contributed by atoms with E-state index < -0.39 is 0 Å². The van der Waals surface area contributed by atoms with Crippen molar-refractivity contribution in [2.24, 2.45) is 16.7 Å². The van der Waals surface area contributed by atoms with Gasteiger partial charge < -0.3 is 5.11 Å². The van der Waals surface area contributed by atoms with Crippen LogP contribution in [0.1, 0.15) is 83.4 Å². The largest absolute Gasteiger partial charge is 0.507 e. The van der Waals surface area contributed by atoms with Crippen molar-refractivity contribution in [3.63, 3.8) is 0 Å². The van der Waals surface area contributed by atoms with Crippen LogP contribution in [-0.2, 0) is 5.41 Å². The van der Waals surface area contributed by atoms with Crippen LogP contribution in [0.15, 0.2) is 12.1 Å². The van der Waals surface area contributed by atoms with Gasteiger partial charge in [-0.1, -0.05) is 59.2 Å². The normalized spacial score (nSPS) is 33.4. The summed E-state index contributed by atoms with van der Waals surface area (Å²) in [6.45, 7) is 16.1. The molecule has 3 rings (SSSR count). The van der Waals surface area contributed by atoms with Crippen LogP contribution >= 0.6 is 0 Å². The fourth-order valence-corrected chi connectivity index (χ4v) is 5.32. The molecular formula is C21H32O. The molecule has 2 fully saturated rings. The molecule has 2 saturated carbocycles. The third-order valence-electron chi connectivity index (χ3n) is 7.26. The zero-order valence-corrected chi connectivity index (χ0v) is 15.4. The second-order valence-electron chi connectivity index (χ2n) is 9.66. The lowest BCUT2D eigenvalue weighted by Gasteiger charge is -2.40. The molecule has 0 saturated heterocycles. The average Bonchev–Trinajstić information content (AvgIpc) is 2.72. The fourth-order valence-electron chi connectivity index (χ4n) is 5.32. The number of benzene rings is 1. The van der Waals surface area contributed by atoms with Crippen LogP contribution in [0.25, 0.3) is 0 Å². The predicted molar refractivity (Wildman–Crippen MR) is 93.5 cm³/mol. The number of hydrogen-bond donors (Lipinski definition) is 1. The maximum Gasteiger partial charge on any atom is 0.122 e. The third kappa shape index (κ3) is 1.97. The Morgan fingerprint density at radius 1 is 1.14 bits per heavy atom. The summed E-state index contributed by atoms with van der Waals surface area (Å²) in [5, 5.41) is 11.0. The van der Waals surface area contributed by atoms with Gasteiger partial charge in [0.2, 0.25) is 0 Å². The summed E-state index contributed by atoms with van der Waals surface area (Å²) in [6.07, 6.45) is 3.90. The Morgan fingerprint density at radius 3 is 2.23 bits per heavy atom. The molecular weight excluding hydrogens is 268 g/mol. The van der Waals surface area contributed by atoms with E-state index in [1.54, 1.807) is 0 Å². The third-order valence-corrected chi connectivity index (χ3v) is 7.26. The molecule has 2 aliphatic carbocycles. The van der Waals surface area contributed by atoms with Gasteiger partial charge in [-0.05, 0) is 65.4 Å². The van der Waals surface area contributed by atoms with E-state index in [0.717, 1.165) is 11.5 Å². The van der Waals surface area contributed by atoms with E-state index in [1.165, 1.54) is 30.4 Å². The van der Waals surface area contributed by atoms with Crippen molar-refractivity contribution < 1.29 is 5.11 Å². The first-order chi connectivity index (χ1) is 9.98. The van der Waals surface area contributed by atoms with E-state index in [1.807, 2.05) is 0 Å². The molecule has 1 nitrogen and oxygen atoms in total. The first-order valence-corrected chi connectivity index (χ1v) is 8.82. The highest BCUT2D eigenvalue weighted by Gasteiger charge is 2.61. The summed E-state index contributed by atoms with van der Waals surface area (Å²) in [6, 6.07) is 4.41. The molecule has 0 aromatic heterocycles. The summed E-state index contributed by atoms with van der Waals surface area (Å²) in [7, 11) is 0. The Bertz CT molecular complexity index is 605. The van der Waals surface area contributed by atoms with Gasteiger partial charge in [0.15, 0.2) is 0 Å². The van der Waals surface area contributed by atoms with Crippen LogP contribution in [0, 0.1) is 23.7 Å². The van der Waals surface area contributed by atoms with Gasteiger partial charge in [-0.2, -0.15) is 0 Å². The van der Waals surface area contributed by atoms with Crippen LogP contribution in [0.5, 0.6) is 5.75 Å². The van der Waals surface area contributed by atoms with E-state index >= 15 is 0 Å². The molecule has 1 heteroatoms. The number of hydrogen-bond acceptors (Lipinski definition) is 1. The summed E-state index contributed by atoms with van der Waals surface area (Å²) >= 11 is 0. The maximum absolute atomic E-state index is 11.0. The lowest BCUT2D eigenvalue weighted by Crippen LogP contribution is -2.31. The Kier molecular flexibility index (Phi) is 3.27. The van der Waals surface area contributed by atoms with Crippen molar-refractivity contribution in [2.45, 2.75) is 79.1 Å². The second kappa shape index (κ2) is 4.52. The van der Waals surface area contributed by atoms with Gasteiger partial charge >= 0.3 is 0 Å². The van der Waals surface area contributed by atoms with Crippen molar-refractivity contribution in [3.8, 4) is 5.75 Å². The zero-order chi connectivity index (χ0) is 16.5. The van der Waals surface area contributed by atoms with E-state index in [9.17, 15) is 5.11 Å². The van der Waals surface area contributed by atoms with E-state index in [2.05, 4.69) is 60.6 Å². The lowest BCUT2D eigenvalue weighted by atomic mass is 9.64. The number of phenolic OH excluding ortho intramolecular Hbond substituents is 1. The zero-order valence-electron chi connectivity index (χ0n) is 15.4. The molecule has 0 spiro atoms. The number of aromatic hydroxyl groups is 1. The van der Waals surface area contributed by atoms with Gasteiger partial charge in [0, 0.05) is 0 Å². The maximum atomic E-state index is 11.0. The van der Waals surface area contributed by atoms with Crippen LogP contribution in [-0.4, -0.2) is 5.11 Å². The number of phenols is 1. The molecule has 2 aliphatic rings. The van der Waals surface area contributed by atoms with Crippen LogP contribution in [0.3, 0.4) is 0 Å². The van der Waals surface area contributed by atoms with Gasteiger partial charge in [0.1, 0.15) is 5.75 Å². The van der Waals surface area contributed by atoms with Crippen molar-refractivity contribution >= 4 is 0 Å². The highest BCUT2D eigenvalue weighted by atomic mass is 16.3. The minimum Gasteiger partial charge on any atom is -0.507 e. The molecule has 122 valence electrons. The first kappa shape index (κ1) is 15.9. The summed E-state index contributed by atoms with van der Waals surface area (Å²) in [5.74, 6) is 1.87. The summed E-state index contributed by atoms with van der Waals surface area (Å²) < 4.78 is 0. The molecule has 0 unspecified atom stereocenters. The highest BCUT2D eigenvalue weighted by Crippen LogP contribution is 2.71. The van der Waals surface area contributed by atoms with Gasteiger partial charge in [-0.25, -0.2) is 0 Å². The van der Waals surface area contributed by atoms with Gasteiger partial charge in [-0.15, -0.1) is 0 Å². The molecule has 3 atom stereocenters. The summed E-state index contributed by atoms with van der Waals surface area (Å²) in [5.41, 5.74) is 4.28. The topological polar surface area (TPSA) is 20.2 Å². The molecule has 22 heavy (non-hydrogen) atoms. The van der Waals surface area contributed by atoms with Crippen molar-refractivity contribution in [2.75, 3.05) is 0 Å².